The normalized spacial score (nSPS) is 19.9. The van der Waals surface area contributed by atoms with Gasteiger partial charge in [-0.1, -0.05) is 13.0 Å². The molecule has 1 aliphatic rings. The number of imidazole rings is 1. The summed E-state index contributed by atoms with van der Waals surface area (Å²) in [5.74, 6) is 0.617. The Bertz CT molecular complexity index is 1390. The summed E-state index contributed by atoms with van der Waals surface area (Å²) < 4.78 is 32.6. The van der Waals surface area contributed by atoms with Crippen molar-refractivity contribution in [2.75, 3.05) is 18.1 Å². The van der Waals surface area contributed by atoms with E-state index in [4.69, 9.17) is 4.74 Å². The van der Waals surface area contributed by atoms with Gasteiger partial charge in [-0.05, 0) is 50.8 Å². The molecule has 33 heavy (non-hydrogen) atoms. The number of rotatable bonds is 7. The largest absolute Gasteiger partial charge is 0.494 e. The van der Waals surface area contributed by atoms with E-state index in [1.54, 1.807) is 16.7 Å². The zero-order chi connectivity index (χ0) is 24.0. The molecule has 1 saturated heterocycles. The van der Waals surface area contributed by atoms with Gasteiger partial charge in [0, 0.05) is 30.3 Å². The summed E-state index contributed by atoms with van der Waals surface area (Å²) in [6.07, 6.45) is 2.08. The molecule has 176 valence electrons. The topological polar surface area (TPSA) is 100 Å². The van der Waals surface area contributed by atoms with Crippen LogP contribution in [0.5, 0.6) is 5.75 Å². The predicted octanol–water partition coefficient (Wildman–Crippen LogP) is 3.56. The van der Waals surface area contributed by atoms with Gasteiger partial charge in [-0.3, -0.25) is 9.36 Å². The summed E-state index contributed by atoms with van der Waals surface area (Å²) >= 11 is 0. The highest BCUT2D eigenvalue weighted by atomic mass is 32.2. The quantitative estimate of drug-likeness (QED) is 0.489. The van der Waals surface area contributed by atoms with Gasteiger partial charge in [0.2, 0.25) is 0 Å². The Morgan fingerprint density at radius 1 is 1.27 bits per heavy atom. The summed E-state index contributed by atoms with van der Waals surface area (Å²) in [6, 6.07) is 8.79. The van der Waals surface area contributed by atoms with Gasteiger partial charge in [-0.2, -0.15) is 0 Å². The number of fused-ring (bicyclic) bond motifs is 1. The second-order valence-electron chi connectivity index (χ2n) is 9.33. The van der Waals surface area contributed by atoms with Gasteiger partial charge in [0.25, 0.3) is 0 Å². The monoisotopic (exact) mass is 471 g/mol. The molecule has 0 radical (unpaired) electrons. The Morgan fingerprint density at radius 3 is 2.67 bits per heavy atom. The van der Waals surface area contributed by atoms with Crippen molar-refractivity contribution in [2.24, 2.45) is 5.41 Å². The van der Waals surface area contributed by atoms with Crippen LogP contribution >= 0.6 is 0 Å². The molecule has 9 heteroatoms. The van der Waals surface area contributed by atoms with E-state index in [9.17, 15) is 18.0 Å². The lowest BCUT2D eigenvalue weighted by atomic mass is 9.83. The van der Waals surface area contributed by atoms with Crippen molar-refractivity contribution in [3.05, 3.63) is 52.6 Å². The van der Waals surface area contributed by atoms with Gasteiger partial charge in [-0.25, -0.2) is 22.8 Å². The van der Waals surface area contributed by atoms with E-state index in [1.165, 1.54) is 10.8 Å². The van der Waals surface area contributed by atoms with E-state index in [0.717, 1.165) is 0 Å². The SMILES string of the molecule is CCOc1cccc(-n2c(=O)n(C(C)C)c3cc(C(=O)C[C@@]4(C)CCS(=O)(=O)C4)cnc32)c1. The number of carbonyl (C=O) groups is 1. The molecule has 0 amide bonds. The Morgan fingerprint density at radius 2 is 2.03 bits per heavy atom. The highest BCUT2D eigenvalue weighted by Crippen LogP contribution is 2.36. The van der Waals surface area contributed by atoms with Crippen LogP contribution in [0.3, 0.4) is 0 Å². The number of pyridine rings is 1. The minimum absolute atomic E-state index is 0.0185. The van der Waals surface area contributed by atoms with Crippen LogP contribution in [0.1, 0.15) is 56.9 Å². The van der Waals surface area contributed by atoms with Crippen molar-refractivity contribution in [3.63, 3.8) is 0 Å². The molecule has 0 spiro atoms. The maximum atomic E-state index is 13.4. The molecule has 1 aliphatic heterocycles. The highest BCUT2D eigenvalue weighted by molar-refractivity contribution is 7.91. The Labute approximate surface area is 193 Å². The van der Waals surface area contributed by atoms with Crippen LogP contribution in [0.25, 0.3) is 16.9 Å². The van der Waals surface area contributed by atoms with E-state index in [-0.39, 0.29) is 35.4 Å². The van der Waals surface area contributed by atoms with Gasteiger partial charge in [-0.15, -0.1) is 0 Å². The molecule has 3 aromatic rings. The van der Waals surface area contributed by atoms with E-state index < -0.39 is 15.3 Å². The second kappa shape index (κ2) is 8.44. The molecule has 0 bridgehead atoms. The van der Waals surface area contributed by atoms with Gasteiger partial charge >= 0.3 is 5.69 Å². The lowest BCUT2D eigenvalue weighted by molar-refractivity contribution is 0.0934. The summed E-state index contributed by atoms with van der Waals surface area (Å²) in [4.78, 5) is 31.0. The number of aromatic nitrogens is 3. The van der Waals surface area contributed by atoms with Crippen LogP contribution in [0.2, 0.25) is 0 Å². The minimum atomic E-state index is -3.10. The van der Waals surface area contributed by atoms with Crippen LogP contribution in [-0.4, -0.2) is 46.4 Å². The van der Waals surface area contributed by atoms with E-state index in [0.29, 0.717) is 41.2 Å². The number of carbonyl (C=O) groups excluding carboxylic acids is 1. The average molecular weight is 472 g/mol. The van der Waals surface area contributed by atoms with Crippen molar-refractivity contribution < 1.29 is 17.9 Å². The maximum absolute atomic E-state index is 13.4. The number of nitrogens with zero attached hydrogens (tertiary/aromatic N) is 3. The summed E-state index contributed by atoms with van der Waals surface area (Å²) in [5.41, 5.74) is 1.20. The third kappa shape index (κ3) is 4.46. The van der Waals surface area contributed by atoms with Crippen molar-refractivity contribution in [3.8, 4) is 11.4 Å². The van der Waals surface area contributed by atoms with Crippen LogP contribution in [0, 0.1) is 5.41 Å². The van der Waals surface area contributed by atoms with Crippen LogP contribution in [-0.2, 0) is 9.84 Å². The van der Waals surface area contributed by atoms with Crippen molar-refractivity contribution in [2.45, 2.75) is 46.6 Å². The third-order valence-electron chi connectivity index (χ3n) is 6.11. The summed E-state index contributed by atoms with van der Waals surface area (Å²) in [5, 5.41) is 0. The molecule has 3 heterocycles. The highest BCUT2D eigenvalue weighted by Gasteiger charge is 2.40. The van der Waals surface area contributed by atoms with Crippen LogP contribution < -0.4 is 10.4 Å². The van der Waals surface area contributed by atoms with E-state index in [2.05, 4.69) is 4.98 Å². The lowest BCUT2D eigenvalue weighted by Gasteiger charge is -2.20. The first-order valence-electron chi connectivity index (χ1n) is 11.1. The van der Waals surface area contributed by atoms with Gasteiger partial charge < -0.3 is 4.74 Å². The molecule has 1 aromatic carbocycles. The maximum Gasteiger partial charge on any atom is 0.335 e. The molecule has 8 nitrogen and oxygen atoms in total. The fraction of sp³-hybridized carbons (Fsp3) is 0.458. The number of benzene rings is 1. The Kier molecular flexibility index (Phi) is 5.94. The summed E-state index contributed by atoms with van der Waals surface area (Å²) in [7, 11) is -3.10. The molecule has 0 unspecified atom stereocenters. The number of ketones is 1. The van der Waals surface area contributed by atoms with Gasteiger partial charge in [0.15, 0.2) is 21.3 Å². The average Bonchev–Trinajstić information content (AvgIpc) is 3.19. The van der Waals surface area contributed by atoms with Crippen molar-refractivity contribution in [1.82, 2.24) is 14.1 Å². The molecule has 1 fully saturated rings. The molecule has 1 atom stereocenters. The molecule has 2 aromatic heterocycles. The molecular formula is C24H29N3O5S. The third-order valence-corrected chi connectivity index (χ3v) is 8.08. The predicted molar refractivity (Wildman–Crippen MR) is 127 cm³/mol. The standard InChI is InChI=1S/C24H29N3O5S/c1-5-32-19-8-6-7-18(12-19)27-22-20(26(16(2)3)23(27)29)11-17(14-25-22)21(28)13-24(4)9-10-33(30,31)15-24/h6-8,11-12,14,16H,5,9-10,13,15H2,1-4H3/t24-/m1/s1. The lowest BCUT2D eigenvalue weighted by Crippen LogP contribution is -2.24. The van der Waals surface area contributed by atoms with E-state index in [1.807, 2.05) is 45.9 Å². The van der Waals surface area contributed by atoms with E-state index >= 15 is 0 Å². The first-order chi connectivity index (χ1) is 15.5. The number of ether oxygens (including phenoxy) is 1. The zero-order valence-electron chi connectivity index (χ0n) is 19.4. The fourth-order valence-electron chi connectivity index (χ4n) is 4.57. The minimum Gasteiger partial charge on any atom is -0.494 e. The molecular weight excluding hydrogens is 442 g/mol. The molecule has 0 N–H and O–H groups in total. The number of sulfone groups is 1. The van der Waals surface area contributed by atoms with Crippen molar-refractivity contribution >= 4 is 26.8 Å². The first kappa shape index (κ1) is 23.2. The molecule has 4 rings (SSSR count). The number of Topliss-reactive ketones (excluding diaryl/α,β-unsaturated/α-hetero) is 1. The van der Waals surface area contributed by atoms with Crippen LogP contribution in [0.4, 0.5) is 0 Å². The summed E-state index contributed by atoms with van der Waals surface area (Å²) in [6.45, 7) is 8.05. The fourth-order valence-corrected chi connectivity index (χ4v) is 6.82. The zero-order valence-corrected chi connectivity index (χ0v) is 20.2. The Balaban J connectivity index is 1.78. The number of hydrogen-bond donors (Lipinski definition) is 0. The van der Waals surface area contributed by atoms with Gasteiger partial charge in [0.1, 0.15) is 5.75 Å². The van der Waals surface area contributed by atoms with Crippen molar-refractivity contribution in [1.29, 1.82) is 0 Å². The number of hydrogen-bond acceptors (Lipinski definition) is 6. The molecule has 0 aliphatic carbocycles. The first-order valence-corrected chi connectivity index (χ1v) is 13.0. The smallest absolute Gasteiger partial charge is 0.335 e. The Hall–Kier alpha value is -2.94. The van der Waals surface area contributed by atoms with Gasteiger partial charge in [0.05, 0.1) is 29.3 Å². The van der Waals surface area contributed by atoms with Crippen LogP contribution in [0.15, 0.2) is 41.3 Å². The second-order valence-corrected chi connectivity index (χ2v) is 11.5. The molecule has 0 saturated carbocycles.